The van der Waals surface area contributed by atoms with Crippen LogP contribution < -0.4 is 14.8 Å². The highest BCUT2D eigenvalue weighted by atomic mass is 35.5. The number of hydrogen-bond acceptors (Lipinski definition) is 3. The van der Waals surface area contributed by atoms with Crippen molar-refractivity contribution in [2.75, 3.05) is 19.8 Å². The number of carbonyl (C=O) groups is 1. The molecule has 0 saturated heterocycles. The maximum atomic E-state index is 12.9. The molecule has 0 saturated carbocycles. The number of para-hydroxylation sites is 1. The molecule has 0 fully saturated rings. The Bertz CT molecular complexity index is 622. The van der Waals surface area contributed by atoms with Crippen LogP contribution in [-0.2, 0) is 4.79 Å². The Balaban J connectivity index is 1.65. The van der Waals surface area contributed by atoms with Crippen LogP contribution in [0, 0.1) is 5.82 Å². The molecule has 6 heteroatoms. The zero-order chi connectivity index (χ0) is 15.8. The van der Waals surface area contributed by atoms with Gasteiger partial charge in [-0.2, -0.15) is 0 Å². The molecule has 0 aromatic heterocycles. The third kappa shape index (κ3) is 5.26. The van der Waals surface area contributed by atoms with Crippen molar-refractivity contribution in [3.05, 3.63) is 59.4 Å². The van der Waals surface area contributed by atoms with Gasteiger partial charge in [-0.1, -0.05) is 29.8 Å². The molecule has 116 valence electrons. The minimum Gasteiger partial charge on any atom is -0.490 e. The molecule has 0 heterocycles. The van der Waals surface area contributed by atoms with E-state index in [4.69, 9.17) is 21.1 Å². The van der Waals surface area contributed by atoms with E-state index in [-0.39, 0.29) is 24.1 Å². The van der Waals surface area contributed by atoms with Crippen molar-refractivity contribution < 1.29 is 18.7 Å². The number of amides is 1. The third-order valence-electron chi connectivity index (χ3n) is 2.69. The SMILES string of the molecule is O=C(COc1ccccc1)NCCOc1ccc(F)cc1Cl. The van der Waals surface area contributed by atoms with E-state index in [9.17, 15) is 9.18 Å². The fraction of sp³-hybridized carbons (Fsp3) is 0.188. The number of rotatable bonds is 7. The van der Waals surface area contributed by atoms with Gasteiger partial charge in [-0.25, -0.2) is 4.39 Å². The molecule has 0 aliphatic heterocycles. The molecule has 2 rings (SSSR count). The fourth-order valence-corrected chi connectivity index (χ4v) is 1.88. The van der Waals surface area contributed by atoms with Gasteiger partial charge in [0.15, 0.2) is 6.61 Å². The molecule has 0 aliphatic carbocycles. The second-order valence-corrected chi connectivity index (χ2v) is 4.78. The molecule has 0 spiro atoms. The lowest BCUT2D eigenvalue weighted by molar-refractivity contribution is -0.123. The van der Waals surface area contributed by atoms with Crippen molar-refractivity contribution in [3.63, 3.8) is 0 Å². The summed E-state index contributed by atoms with van der Waals surface area (Å²) < 4.78 is 23.5. The summed E-state index contributed by atoms with van der Waals surface area (Å²) in [6.45, 7) is 0.453. The molecule has 0 bridgehead atoms. The van der Waals surface area contributed by atoms with Crippen LogP contribution in [0.2, 0.25) is 5.02 Å². The van der Waals surface area contributed by atoms with Crippen molar-refractivity contribution in [2.45, 2.75) is 0 Å². The van der Waals surface area contributed by atoms with Crippen LogP contribution in [-0.4, -0.2) is 25.7 Å². The number of carbonyl (C=O) groups excluding carboxylic acids is 1. The molecule has 0 unspecified atom stereocenters. The zero-order valence-electron chi connectivity index (χ0n) is 11.7. The number of benzene rings is 2. The minimum absolute atomic E-state index is 0.0681. The quantitative estimate of drug-likeness (QED) is 0.797. The van der Waals surface area contributed by atoms with Gasteiger partial charge >= 0.3 is 0 Å². The average Bonchev–Trinajstić information content (AvgIpc) is 2.52. The Kier molecular flexibility index (Phi) is 6.03. The molecular formula is C16H15ClFNO3. The van der Waals surface area contributed by atoms with Gasteiger partial charge < -0.3 is 14.8 Å². The van der Waals surface area contributed by atoms with Gasteiger partial charge in [0.25, 0.3) is 5.91 Å². The molecule has 22 heavy (non-hydrogen) atoms. The summed E-state index contributed by atoms with van der Waals surface area (Å²) in [6, 6.07) is 12.9. The van der Waals surface area contributed by atoms with Gasteiger partial charge in [-0.3, -0.25) is 4.79 Å². The van der Waals surface area contributed by atoms with Crippen LogP contribution in [0.4, 0.5) is 4.39 Å². The summed E-state index contributed by atoms with van der Waals surface area (Å²) in [6.07, 6.45) is 0. The van der Waals surface area contributed by atoms with Crippen molar-refractivity contribution in [2.24, 2.45) is 0 Å². The average molecular weight is 324 g/mol. The predicted molar refractivity (Wildman–Crippen MR) is 81.9 cm³/mol. The van der Waals surface area contributed by atoms with Crippen LogP contribution in [0.25, 0.3) is 0 Å². The molecule has 0 atom stereocenters. The third-order valence-corrected chi connectivity index (χ3v) is 2.98. The Morgan fingerprint density at radius 3 is 2.64 bits per heavy atom. The lowest BCUT2D eigenvalue weighted by Crippen LogP contribution is -2.32. The minimum atomic E-state index is -0.427. The first kappa shape index (κ1) is 16.1. The highest BCUT2D eigenvalue weighted by Gasteiger charge is 2.04. The fourth-order valence-electron chi connectivity index (χ4n) is 1.66. The van der Waals surface area contributed by atoms with E-state index in [0.717, 1.165) is 0 Å². The number of nitrogens with one attached hydrogen (secondary N) is 1. The second kappa shape index (κ2) is 8.24. The van der Waals surface area contributed by atoms with E-state index in [2.05, 4.69) is 5.32 Å². The standard InChI is InChI=1S/C16H15ClFNO3/c17-14-10-12(18)6-7-15(14)21-9-8-19-16(20)11-22-13-4-2-1-3-5-13/h1-7,10H,8-9,11H2,(H,19,20). The monoisotopic (exact) mass is 323 g/mol. The highest BCUT2D eigenvalue weighted by Crippen LogP contribution is 2.24. The van der Waals surface area contributed by atoms with Crippen LogP contribution in [0.3, 0.4) is 0 Å². The van der Waals surface area contributed by atoms with Crippen LogP contribution in [0.15, 0.2) is 48.5 Å². The number of hydrogen-bond donors (Lipinski definition) is 1. The van der Waals surface area contributed by atoms with E-state index in [1.807, 2.05) is 18.2 Å². The van der Waals surface area contributed by atoms with E-state index < -0.39 is 5.82 Å². The molecule has 2 aromatic rings. The number of halogens is 2. The van der Waals surface area contributed by atoms with Gasteiger partial charge in [0.05, 0.1) is 11.6 Å². The molecule has 4 nitrogen and oxygen atoms in total. The zero-order valence-corrected chi connectivity index (χ0v) is 12.5. The Labute approximate surface area is 132 Å². The smallest absolute Gasteiger partial charge is 0.258 e. The van der Waals surface area contributed by atoms with E-state index in [1.54, 1.807) is 12.1 Å². The van der Waals surface area contributed by atoms with Crippen molar-refractivity contribution >= 4 is 17.5 Å². The summed E-state index contributed by atoms with van der Waals surface area (Å²) in [4.78, 5) is 11.6. The summed E-state index contributed by atoms with van der Waals surface area (Å²) in [7, 11) is 0. The van der Waals surface area contributed by atoms with Crippen molar-refractivity contribution in [1.82, 2.24) is 5.32 Å². The summed E-state index contributed by atoms with van der Waals surface area (Å²) in [5.74, 6) is 0.325. The topological polar surface area (TPSA) is 47.6 Å². The van der Waals surface area contributed by atoms with Crippen LogP contribution in [0.1, 0.15) is 0 Å². The Morgan fingerprint density at radius 2 is 1.91 bits per heavy atom. The summed E-state index contributed by atoms with van der Waals surface area (Å²) in [5.41, 5.74) is 0. The molecule has 1 amide bonds. The molecule has 1 N–H and O–H groups in total. The maximum absolute atomic E-state index is 12.9. The van der Waals surface area contributed by atoms with Crippen molar-refractivity contribution in [1.29, 1.82) is 0 Å². The van der Waals surface area contributed by atoms with Gasteiger partial charge in [0.2, 0.25) is 0 Å². The van der Waals surface area contributed by atoms with E-state index in [1.165, 1.54) is 18.2 Å². The maximum Gasteiger partial charge on any atom is 0.258 e. The van der Waals surface area contributed by atoms with Gasteiger partial charge in [-0.15, -0.1) is 0 Å². The molecule has 2 aromatic carbocycles. The van der Waals surface area contributed by atoms with Crippen molar-refractivity contribution in [3.8, 4) is 11.5 Å². The number of ether oxygens (including phenoxy) is 2. The first-order valence-electron chi connectivity index (χ1n) is 6.67. The van der Waals surface area contributed by atoms with Crippen LogP contribution >= 0.6 is 11.6 Å². The van der Waals surface area contributed by atoms with E-state index in [0.29, 0.717) is 18.0 Å². The Morgan fingerprint density at radius 1 is 1.14 bits per heavy atom. The lowest BCUT2D eigenvalue weighted by atomic mass is 10.3. The molecule has 0 aliphatic rings. The predicted octanol–water partition coefficient (Wildman–Crippen LogP) is 3.05. The molecular weight excluding hydrogens is 309 g/mol. The van der Waals surface area contributed by atoms with Gasteiger partial charge in [0, 0.05) is 0 Å². The first-order valence-corrected chi connectivity index (χ1v) is 7.05. The Hall–Kier alpha value is -2.27. The first-order chi connectivity index (χ1) is 10.6. The summed E-state index contributed by atoms with van der Waals surface area (Å²) >= 11 is 5.82. The second-order valence-electron chi connectivity index (χ2n) is 4.37. The summed E-state index contributed by atoms with van der Waals surface area (Å²) in [5, 5.41) is 2.84. The molecule has 0 radical (unpaired) electrons. The largest absolute Gasteiger partial charge is 0.490 e. The normalized spacial score (nSPS) is 10.1. The van der Waals surface area contributed by atoms with E-state index >= 15 is 0 Å². The van der Waals surface area contributed by atoms with Crippen LogP contribution in [0.5, 0.6) is 11.5 Å². The highest BCUT2D eigenvalue weighted by molar-refractivity contribution is 6.32. The van der Waals surface area contributed by atoms with Gasteiger partial charge in [-0.05, 0) is 30.3 Å². The lowest BCUT2D eigenvalue weighted by Gasteiger charge is -2.09. The van der Waals surface area contributed by atoms with Gasteiger partial charge in [0.1, 0.15) is 23.9 Å².